The number of anilines is 1. The molecule has 0 aromatic carbocycles. The number of methoxy groups -OCH3 is 2. The van der Waals surface area contributed by atoms with Gasteiger partial charge in [-0.3, -0.25) is 4.90 Å². The molecule has 1 fully saturated rings. The Morgan fingerprint density at radius 2 is 1.84 bits per heavy atom. The van der Waals surface area contributed by atoms with E-state index >= 15 is 0 Å². The Hall–Kier alpha value is -4.20. The number of aromatic nitrogens is 4. The first kappa shape index (κ1) is 24.5. The molecule has 0 spiro atoms. The van der Waals surface area contributed by atoms with E-state index in [-0.39, 0.29) is 0 Å². The van der Waals surface area contributed by atoms with E-state index in [1.807, 2.05) is 36.7 Å². The van der Waals surface area contributed by atoms with Gasteiger partial charge in [0.15, 0.2) is 0 Å². The molecule has 1 aliphatic rings. The molecule has 1 aliphatic heterocycles. The van der Waals surface area contributed by atoms with Crippen molar-refractivity contribution in [2.24, 2.45) is 0 Å². The summed E-state index contributed by atoms with van der Waals surface area (Å²) in [6, 6.07) is 12.2. The first-order chi connectivity index (χ1) is 18.2. The van der Waals surface area contributed by atoms with Gasteiger partial charge >= 0.3 is 0 Å². The van der Waals surface area contributed by atoms with Crippen LogP contribution in [0.5, 0.6) is 11.6 Å². The Morgan fingerprint density at radius 3 is 2.51 bits per heavy atom. The highest BCUT2D eigenvalue weighted by molar-refractivity contribution is 5.85. The van der Waals surface area contributed by atoms with Crippen molar-refractivity contribution in [3.63, 3.8) is 0 Å². The van der Waals surface area contributed by atoms with Crippen molar-refractivity contribution in [1.29, 1.82) is 5.26 Å². The molecular weight excluding hydrogens is 470 g/mol. The maximum Gasteiger partial charge on any atom is 0.212 e. The van der Waals surface area contributed by atoms with Crippen molar-refractivity contribution in [1.82, 2.24) is 24.5 Å². The van der Waals surface area contributed by atoms with E-state index < -0.39 is 0 Å². The third kappa shape index (κ3) is 5.48. The number of ether oxygens (including phenoxy) is 3. The van der Waals surface area contributed by atoms with Crippen LogP contribution in [0.1, 0.15) is 11.1 Å². The lowest BCUT2D eigenvalue weighted by atomic mass is 10.1. The molecular formula is C27H29N7O3. The minimum atomic E-state index is 0.423. The smallest absolute Gasteiger partial charge is 0.212 e. The summed E-state index contributed by atoms with van der Waals surface area (Å²) in [5, 5.41) is 13.9. The molecule has 5 heterocycles. The number of hydrogen-bond acceptors (Lipinski definition) is 9. The van der Waals surface area contributed by atoms with Gasteiger partial charge in [0.1, 0.15) is 24.2 Å². The summed E-state index contributed by atoms with van der Waals surface area (Å²) in [4.78, 5) is 13.8. The molecule has 4 aromatic heterocycles. The number of hydrogen-bond donors (Lipinski definition) is 0. The monoisotopic (exact) mass is 499 g/mol. The SMILES string of the molecule is COCCOc1cc(-c2ccc(N3CCN(Cc4ccc(OC)nc4)CC3)nc2)c2c(C#N)cnn2c1. The second-order valence-corrected chi connectivity index (χ2v) is 8.77. The minimum Gasteiger partial charge on any atom is -0.490 e. The number of rotatable bonds is 9. The highest BCUT2D eigenvalue weighted by Gasteiger charge is 2.19. The molecule has 0 unspecified atom stereocenters. The van der Waals surface area contributed by atoms with Crippen LogP contribution >= 0.6 is 0 Å². The molecule has 4 aromatic rings. The van der Waals surface area contributed by atoms with Crippen molar-refractivity contribution in [2.45, 2.75) is 6.54 Å². The van der Waals surface area contributed by atoms with Crippen LogP contribution in [0.15, 0.2) is 55.1 Å². The lowest BCUT2D eigenvalue weighted by Gasteiger charge is -2.35. The lowest BCUT2D eigenvalue weighted by molar-refractivity contribution is 0.146. The third-order valence-electron chi connectivity index (χ3n) is 6.43. The summed E-state index contributed by atoms with van der Waals surface area (Å²) >= 11 is 0. The van der Waals surface area contributed by atoms with Crippen molar-refractivity contribution in [3.8, 4) is 28.8 Å². The van der Waals surface area contributed by atoms with Gasteiger partial charge in [0, 0.05) is 69.4 Å². The van der Waals surface area contributed by atoms with Gasteiger partial charge in [-0.15, -0.1) is 0 Å². The van der Waals surface area contributed by atoms with Crippen molar-refractivity contribution in [2.75, 3.05) is 58.5 Å². The summed E-state index contributed by atoms with van der Waals surface area (Å²) in [5.74, 6) is 2.22. The van der Waals surface area contributed by atoms with E-state index in [1.165, 1.54) is 5.56 Å². The maximum absolute atomic E-state index is 9.60. The second-order valence-electron chi connectivity index (χ2n) is 8.77. The summed E-state index contributed by atoms with van der Waals surface area (Å²) in [6.07, 6.45) is 7.07. The Kier molecular flexibility index (Phi) is 7.44. The maximum atomic E-state index is 9.60. The topological polar surface area (TPSA) is 101 Å². The van der Waals surface area contributed by atoms with Crippen LogP contribution in [0.3, 0.4) is 0 Å². The van der Waals surface area contributed by atoms with Crippen LogP contribution in [-0.4, -0.2) is 78.1 Å². The minimum absolute atomic E-state index is 0.423. The van der Waals surface area contributed by atoms with E-state index in [1.54, 1.807) is 31.1 Å². The molecule has 10 nitrogen and oxygen atoms in total. The van der Waals surface area contributed by atoms with Gasteiger partial charge < -0.3 is 19.1 Å². The quantitative estimate of drug-likeness (QED) is 0.322. The van der Waals surface area contributed by atoms with E-state index in [0.29, 0.717) is 30.4 Å². The molecule has 0 aliphatic carbocycles. The zero-order chi connectivity index (χ0) is 25.6. The van der Waals surface area contributed by atoms with Crippen molar-refractivity contribution >= 4 is 11.3 Å². The second kappa shape index (κ2) is 11.2. The highest BCUT2D eigenvalue weighted by atomic mass is 16.5. The van der Waals surface area contributed by atoms with E-state index in [4.69, 9.17) is 19.2 Å². The van der Waals surface area contributed by atoms with Crippen LogP contribution in [-0.2, 0) is 11.3 Å². The number of fused-ring (bicyclic) bond motifs is 1. The zero-order valence-electron chi connectivity index (χ0n) is 21.0. The molecule has 10 heteroatoms. The highest BCUT2D eigenvalue weighted by Crippen LogP contribution is 2.31. The normalized spacial score (nSPS) is 14.0. The predicted octanol–water partition coefficient (Wildman–Crippen LogP) is 3.02. The molecule has 0 radical (unpaired) electrons. The Bertz CT molecular complexity index is 1370. The van der Waals surface area contributed by atoms with Gasteiger partial charge in [0.25, 0.3) is 0 Å². The summed E-state index contributed by atoms with van der Waals surface area (Å²) in [7, 11) is 3.26. The number of nitriles is 1. The molecule has 0 atom stereocenters. The standard InChI is InChI=1S/C27H29N7O3/c1-35-11-12-37-23-13-24(27-22(14-28)17-31-34(27)19-23)21-4-5-25(29-16-21)33-9-7-32(8-10-33)18-20-3-6-26(36-2)30-15-20/h3-6,13,15-17,19H,7-12,18H2,1-2H3. The summed E-state index contributed by atoms with van der Waals surface area (Å²) in [6.45, 7) is 5.44. The van der Waals surface area contributed by atoms with Gasteiger partial charge in [-0.25, -0.2) is 14.5 Å². The summed E-state index contributed by atoms with van der Waals surface area (Å²) in [5.41, 5.74) is 4.16. The van der Waals surface area contributed by atoms with Gasteiger partial charge in [-0.1, -0.05) is 6.07 Å². The van der Waals surface area contributed by atoms with Crippen LogP contribution < -0.4 is 14.4 Å². The average molecular weight is 500 g/mol. The fourth-order valence-corrected chi connectivity index (χ4v) is 4.47. The average Bonchev–Trinajstić information content (AvgIpc) is 3.37. The van der Waals surface area contributed by atoms with Crippen molar-refractivity contribution < 1.29 is 14.2 Å². The first-order valence-corrected chi connectivity index (χ1v) is 12.1. The molecule has 190 valence electrons. The number of pyridine rings is 3. The van der Waals surface area contributed by atoms with Crippen molar-refractivity contribution in [3.05, 3.63) is 66.2 Å². The lowest BCUT2D eigenvalue weighted by Crippen LogP contribution is -2.46. The summed E-state index contributed by atoms with van der Waals surface area (Å²) < 4.78 is 17.7. The van der Waals surface area contributed by atoms with E-state index in [9.17, 15) is 5.26 Å². The van der Waals surface area contributed by atoms with Gasteiger partial charge in [0.2, 0.25) is 5.88 Å². The zero-order valence-corrected chi connectivity index (χ0v) is 21.0. The van der Waals surface area contributed by atoms with Gasteiger partial charge in [-0.05, 0) is 23.8 Å². The van der Waals surface area contributed by atoms with Crippen LogP contribution in [0.4, 0.5) is 5.82 Å². The number of nitrogens with zero attached hydrogens (tertiary/aromatic N) is 7. The van der Waals surface area contributed by atoms with Gasteiger partial charge in [0.05, 0.1) is 37.2 Å². The number of piperazine rings is 1. The van der Waals surface area contributed by atoms with Crippen LogP contribution in [0, 0.1) is 11.3 Å². The third-order valence-corrected chi connectivity index (χ3v) is 6.43. The Labute approximate surface area is 215 Å². The van der Waals surface area contributed by atoms with Gasteiger partial charge in [-0.2, -0.15) is 10.4 Å². The Morgan fingerprint density at radius 1 is 0.973 bits per heavy atom. The van der Waals surface area contributed by atoms with E-state index in [0.717, 1.165) is 55.2 Å². The predicted molar refractivity (Wildman–Crippen MR) is 139 cm³/mol. The van der Waals surface area contributed by atoms with E-state index in [2.05, 4.69) is 32.0 Å². The Balaban J connectivity index is 1.29. The molecule has 5 rings (SSSR count). The fraction of sp³-hybridized carbons (Fsp3) is 0.333. The fourth-order valence-electron chi connectivity index (χ4n) is 4.47. The molecule has 0 amide bonds. The molecule has 0 bridgehead atoms. The molecule has 1 saturated heterocycles. The van der Waals surface area contributed by atoms with Crippen LogP contribution in [0.2, 0.25) is 0 Å². The van der Waals surface area contributed by atoms with Crippen LogP contribution in [0.25, 0.3) is 16.6 Å². The molecule has 0 N–H and O–H groups in total. The molecule has 0 saturated carbocycles. The largest absolute Gasteiger partial charge is 0.490 e. The first-order valence-electron chi connectivity index (χ1n) is 12.1. The molecule has 37 heavy (non-hydrogen) atoms.